The first-order valence-electron chi connectivity index (χ1n) is 15.9. The van der Waals surface area contributed by atoms with Crippen LogP contribution in [0.2, 0.25) is 0 Å². The molecule has 2 aliphatic rings. The van der Waals surface area contributed by atoms with Crippen LogP contribution in [-0.4, -0.2) is 93.2 Å². The molecule has 0 radical (unpaired) electrons. The highest BCUT2D eigenvalue weighted by molar-refractivity contribution is 5.47. The Morgan fingerprint density at radius 3 is 1.25 bits per heavy atom. The van der Waals surface area contributed by atoms with Gasteiger partial charge in [-0.2, -0.15) is 15.0 Å². The first-order valence-corrected chi connectivity index (χ1v) is 15.9. The van der Waals surface area contributed by atoms with Gasteiger partial charge in [0.2, 0.25) is 17.8 Å². The molecule has 0 bridgehead atoms. The average Bonchev–Trinajstić information content (AvgIpc) is 2.85. The molecule has 2 saturated heterocycles. The van der Waals surface area contributed by atoms with Gasteiger partial charge in [0.25, 0.3) is 0 Å². The maximum atomic E-state index is 5.33. The van der Waals surface area contributed by atoms with Crippen molar-refractivity contribution in [3.8, 4) is 0 Å². The number of nitrogens with zero attached hydrogens (tertiary/aromatic N) is 7. The molecule has 8 nitrogen and oxygen atoms in total. The number of rotatable bonds is 11. The molecule has 230 valence electrons. The number of aromatic nitrogens is 3. The van der Waals surface area contributed by atoms with E-state index >= 15 is 0 Å². The first kappa shape index (κ1) is 32.8. The van der Waals surface area contributed by atoms with Crippen LogP contribution in [-0.2, 0) is 0 Å². The molecule has 2 aliphatic heterocycles. The Kier molecular flexibility index (Phi) is 10.1. The Bertz CT molecular complexity index is 863. The third-order valence-corrected chi connectivity index (χ3v) is 10.3. The van der Waals surface area contributed by atoms with Gasteiger partial charge in [0, 0.05) is 54.4 Å². The molecule has 0 unspecified atom stereocenters. The lowest BCUT2D eigenvalue weighted by molar-refractivity contribution is -0.0130. The normalized spacial score (nSPS) is 23.2. The minimum absolute atomic E-state index is 0.0943. The Labute approximate surface area is 246 Å². The van der Waals surface area contributed by atoms with Gasteiger partial charge in [-0.15, -0.1) is 0 Å². The molecular formula is C32H62N8. The molecule has 0 amide bonds. The highest BCUT2D eigenvalue weighted by atomic mass is 15.4. The van der Waals surface area contributed by atoms with E-state index in [1.165, 1.54) is 0 Å². The molecule has 3 rings (SSSR count). The van der Waals surface area contributed by atoms with E-state index < -0.39 is 0 Å². The lowest BCUT2D eigenvalue weighted by Crippen LogP contribution is -2.63. The van der Waals surface area contributed by atoms with Gasteiger partial charge < -0.3 is 15.1 Å². The molecular weight excluding hydrogens is 496 g/mol. The summed E-state index contributed by atoms with van der Waals surface area (Å²) in [6.07, 6.45) is 8.89. The lowest BCUT2D eigenvalue weighted by Gasteiger charge is -2.56. The molecule has 8 heteroatoms. The summed E-state index contributed by atoms with van der Waals surface area (Å²) in [7, 11) is 6.49. The number of nitrogens with one attached hydrogen (secondary N) is 1. The van der Waals surface area contributed by atoms with Crippen molar-refractivity contribution in [1.29, 1.82) is 0 Å². The zero-order chi connectivity index (χ0) is 30.1. The van der Waals surface area contributed by atoms with Crippen molar-refractivity contribution in [2.75, 3.05) is 49.3 Å². The van der Waals surface area contributed by atoms with Gasteiger partial charge in [0.15, 0.2) is 0 Å². The van der Waals surface area contributed by atoms with E-state index in [9.17, 15) is 0 Å². The van der Waals surface area contributed by atoms with Gasteiger partial charge >= 0.3 is 0 Å². The fraction of sp³-hybridized carbons (Fsp3) is 0.906. The molecule has 1 aromatic heterocycles. The van der Waals surface area contributed by atoms with Gasteiger partial charge in [0.05, 0.1) is 0 Å². The molecule has 0 saturated carbocycles. The number of unbranched alkanes of at least 4 members (excludes halogenated alkanes) is 2. The minimum Gasteiger partial charge on any atom is -0.357 e. The van der Waals surface area contributed by atoms with Crippen molar-refractivity contribution >= 4 is 17.8 Å². The molecule has 1 N–H and O–H groups in total. The maximum absolute atomic E-state index is 5.33. The highest BCUT2D eigenvalue weighted by Crippen LogP contribution is 2.42. The monoisotopic (exact) mass is 559 g/mol. The van der Waals surface area contributed by atoms with Crippen LogP contribution in [0.1, 0.15) is 121 Å². The quantitative estimate of drug-likeness (QED) is 0.333. The Hall–Kier alpha value is -1.67. The predicted molar refractivity (Wildman–Crippen MR) is 172 cm³/mol. The molecule has 40 heavy (non-hydrogen) atoms. The number of hydrogen-bond donors (Lipinski definition) is 1. The van der Waals surface area contributed by atoms with E-state index in [2.05, 4.69) is 108 Å². The van der Waals surface area contributed by atoms with Gasteiger partial charge in [-0.1, -0.05) is 26.7 Å². The Balaban J connectivity index is 2.08. The zero-order valence-corrected chi connectivity index (χ0v) is 28.4. The standard InChI is InChI=1S/C32H62N8/c1-14-16-18-39(24-20-29(3,4)37(12)30(5,6)21-24)27-34-26(33-11)35-28(36-27)40(19-17-15-2)25-22-31(7,8)38(13)32(9,10)23-25/h24-25H,14-23H2,1-13H3,(H,33,34,35,36). The fourth-order valence-corrected chi connectivity index (χ4v) is 7.35. The predicted octanol–water partition coefficient (Wildman–Crippen LogP) is 6.43. The van der Waals surface area contributed by atoms with Crippen molar-refractivity contribution < 1.29 is 0 Å². The fourth-order valence-electron chi connectivity index (χ4n) is 7.35. The Morgan fingerprint density at radius 2 is 0.975 bits per heavy atom. The summed E-state index contributed by atoms with van der Waals surface area (Å²) in [5.74, 6) is 2.33. The Morgan fingerprint density at radius 1 is 0.650 bits per heavy atom. The first-order chi connectivity index (χ1) is 18.5. The molecule has 0 aromatic carbocycles. The summed E-state index contributed by atoms with van der Waals surface area (Å²) in [4.78, 5) is 25.5. The third-order valence-electron chi connectivity index (χ3n) is 10.3. The van der Waals surface area contributed by atoms with E-state index in [4.69, 9.17) is 15.0 Å². The summed E-state index contributed by atoms with van der Waals surface area (Å²) < 4.78 is 0. The summed E-state index contributed by atoms with van der Waals surface area (Å²) in [6, 6.07) is 0.746. The number of likely N-dealkylation sites (tertiary alicyclic amines) is 2. The topological polar surface area (TPSA) is 63.7 Å². The number of hydrogen-bond acceptors (Lipinski definition) is 8. The van der Waals surface area contributed by atoms with Gasteiger partial charge in [-0.25, -0.2) is 0 Å². The SMILES string of the molecule is CCCCN(c1nc(NC)nc(N(CCCC)C2CC(C)(C)N(C)C(C)(C)C2)n1)C1CC(C)(C)N(C)C(C)(C)C1. The third kappa shape index (κ3) is 7.03. The second-order valence-electron chi connectivity index (χ2n) is 15.1. The van der Waals surface area contributed by atoms with E-state index in [0.29, 0.717) is 18.0 Å². The van der Waals surface area contributed by atoms with E-state index in [0.717, 1.165) is 76.4 Å². The second-order valence-corrected chi connectivity index (χ2v) is 15.1. The van der Waals surface area contributed by atoms with Crippen molar-refractivity contribution in [2.45, 2.75) is 155 Å². The maximum Gasteiger partial charge on any atom is 0.232 e. The summed E-state index contributed by atoms with van der Waals surface area (Å²) in [6.45, 7) is 25.5. The van der Waals surface area contributed by atoms with Crippen molar-refractivity contribution in [2.24, 2.45) is 0 Å². The smallest absolute Gasteiger partial charge is 0.232 e. The van der Waals surface area contributed by atoms with Crippen LogP contribution in [0.4, 0.5) is 17.8 Å². The van der Waals surface area contributed by atoms with Crippen LogP contribution in [0.5, 0.6) is 0 Å². The van der Waals surface area contributed by atoms with Crippen molar-refractivity contribution in [3.63, 3.8) is 0 Å². The van der Waals surface area contributed by atoms with Crippen LogP contribution in [0, 0.1) is 0 Å². The van der Waals surface area contributed by atoms with E-state index in [-0.39, 0.29) is 22.2 Å². The average molecular weight is 559 g/mol. The summed E-state index contributed by atoms with van der Waals surface area (Å²) in [5.41, 5.74) is 0.377. The summed E-state index contributed by atoms with van der Waals surface area (Å²) in [5, 5.41) is 3.28. The van der Waals surface area contributed by atoms with E-state index in [1.54, 1.807) is 0 Å². The van der Waals surface area contributed by atoms with Gasteiger partial charge in [-0.05, 0) is 108 Å². The van der Waals surface area contributed by atoms with Crippen LogP contribution in [0.25, 0.3) is 0 Å². The molecule has 2 fully saturated rings. The molecule has 0 spiro atoms. The van der Waals surface area contributed by atoms with Crippen molar-refractivity contribution in [3.05, 3.63) is 0 Å². The minimum atomic E-state index is 0.0943. The molecule has 3 heterocycles. The lowest BCUT2D eigenvalue weighted by atomic mass is 9.77. The number of anilines is 3. The molecule has 1 aromatic rings. The van der Waals surface area contributed by atoms with Crippen LogP contribution in [0.15, 0.2) is 0 Å². The van der Waals surface area contributed by atoms with Crippen LogP contribution in [0.3, 0.4) is 0 Å². The van der Waals surface area contributed by atoms with Crippen LogP contribution < -0.4 is 15.1 Å². The number of piperidine rings is 2. The molecule has 0 atom stereocenters. The highest BCUT2D eigenvalue weighted by Gasteiger charge is 2.47. The largest absolute Gasteiger partial charge is 0.357 e. The van der Waals surface area contributed by atoms with Gasteiger partial charge in [0.1, 0.15) is 0 Å². The van der Waals surface area contributed by atoms with Gasteiger partial charge in [-0.3, -0.25) is 9.80 Å². The van der Waals surface area contributed by atoms with Crippen LogP contribution >= 0.6 is 0 Å². The zero-order valence-electron chi connectivity index (χ0n) is 28.4. The molecule has 0 aliphatic carbocycles. The van der Waals surface area contributed by atoms with E-state index in [1.807, 2.05) is 7.05 Å². The summed E-state index contributed by atoms with van der Waals surface area (Å²) >= 11 is 0. The second kappa shape index (κ2) is 12.3. The van der Waals surface area contributed by atoms with Crippen molar-refractivity contribution in [1.82, 2.24) is 24.8 Å².